The highest BCUT2D eigenvalue weighted by atomic mass is 16.2. The number of nitrogens with zero attached hydrogens (tertiary/aromatic N) is 1. The van der Waals surface area contributed by atoms with Crippen LogP contribution in [0.25, 0.3) is 0 Å². The Morgan fingerprint density at radius 1 is 1.28 bits per heavy atom. The third-order valence-electron chi connectivity index (χ3n) is 4.47. The second-order valence-electron chi connectivity index (χ2n) is 5.76. The maximum absolute atomic E-state index is 12.2. The molecule has 0 radical (unpaired) electrons. The molecule has 18 heavy (non-hydrogen) atoms. The molecule has 2 aliphatic rings. The molecular weight excluding hydrogens is 226 g/mol. The normalized spacial score (nSPS) is 32.0. The van der Waals surface area contributed by atoms with Crippen LogP contribution in [0.3, 0.4) is 0 Å². The largest absolute Gasteiger partial charge is 0.355 e. The second kappa shape index (κ2) is 6.53. The molecule has 0 aromatic heterocycles. The lowest BCUT2D eigenvalue weighted by atomic mass is 9.91. The van der Waals surface area contributed by atoms with E-state index in [0.29, 0.717) is 18.6 Å². The fourth-order valence-electron chi connectivity index (χ4n) is 3.55. The Hall–Kier alpha value is -0.610. The lowest BCUT2D eigenvalue weighted by Gasteiger charge is -2.41. The van der Waals surface area contributed by atoms with Crippen LogP contribution in [0.2, 0.25) is 0 Å². The second-order valence-corrected chi connectivity index (χ2v) is 5.76. The predicted octanol–water partition coefficient (Wildman–Crippen LogP) is 1.25. The Morgan fingerprint density at radius 3 is 2.67 bits per heavy atom. The quantitative estimate of drug-likeness (QED) is 0.796. The number of nitrogens with two attached hydrogens (primary N) is 1. The van der Waals surface area contributed by atoms with E-state index in [9.17, 15) is 4.79 Å². The van der Waals surface area contributed by atoms with Crippen LogP contribution in [0.5, 0.6) is 0 Å². The van der Waals surface area contributed by atoms with Crippen molar-refractivity contribution in [2.45, 2.75) is 70.0 Å². The first-order valence-corrected chi connectivity index (χ1v) is 7.49. The molecule has 0 bridgehead atoms. The molecule has 2 fully saturated rings. The number of hydrogen-bond donors (Lipinski definition) is 2. The van der Waals surface area contributed by atoms with Crippen LogP contribution in [-0.4, -0.2) is 42.0 Å². The first kappa shape index (κ1) is 13.8. The Bertz CT molecular complexity index is 276. The van der Waals surface area contributed by atoms with E-state index in [-0.39, 0.29) is 11.9 Å². The van der Waals surface area contributed by atoms with Crippen LogP contribution in [0.1, 0.15) is 51.9 Å². The summed E-state index contributed by atoms with van der Waals surface area (Å²) in [6.45, 7) is 3.66. The summed E-state index contributed by atoms with van der Waals surface area (Å²) >= 11 is 0. The molecule has 1 aliphatic carbocycles. The van der Waals surface area contributed by atoms with Gasteiger partial charge in [-0.3, -0.25) is 9.69 Å². The van der Waals surface area contributed by atoms with Gasteiger partial charge in [-0.25, -0.2) is 0 Å². The minimum absolute atomic E-state index is 0.00407. The molecule has 1 saturated carbocycles. The van der Waals surface area contributed by atoms with Crippen molar-refractivity contribution in [3.63, 3.8) is 0 Å². The molecule has 2 atom stereocenters. The lowest BCUT2D eigenvalue weighted by molar-refractivity contribution is -0.127. The van der Waals surface area contributed by atoms with Gasteiger partial charge in [-0.1, -0.05) is 19.3 Å². The van der Waals surface area contributed by atoms with Crippen molar-refractivity contribution in [1.29, 1.82) is 0 Å². The van der Waals surface area contributed by atoms with Gasteiger partial charge in [0.2, 0.25) is 5.91 Å². The van der Waals surface area contributed by atoms with Gasteiger partial charge in [0.1, 0.15) is 0 Å². The molecule has 4 heteroatoms. The molecule has 104 valence electrons. The summed E-state index contributed by atoms with van der Waals surface area (Å²) in [5.74, 6) is 0.190. The van der Waals surface area contributed by atoms with Gasteiger partial charge in [0.25, 0.3) is 0 Å². The fraction of sp³-hybridized carbons (Fsp3) is 0.929. The number of carbonyl (C=O) groups is 1. The van der Waals surface area contributed by atoms with E-state index >= 15 is 0 Å². The third-order valence-corrected chi connectivity index (χ3v) is 4.47. The van der Waals surface area contributed by atoms with E-state index in [0.717, 1.165) is 19.4 Å². The minimum Gasteiger partial charge on any atom is -0.355 e. The van der Waals surface area contributed by atoms with Crippen molar-refractivity contribution < 1.29 is 4.79 Å². The van der Waals surface area contributed by atoms with Gasteiger partial charge in [0, 0.05) is 18.6 Å². The molecular formula is C14H27N3O. The summed E-state index contributed by atoms with van der Waals surface area (Å²) in [6, 6.07) is 1.08. The number of hydrogen-bond acceptors (Lipinski definition) is 3. The van der Waals surface area contributed by atoms with Crippen LogP contribution >= 0.6 is 0 Å². The molecule has 2 unspecified atom stereocenters. The van der Waals surface area contributed by atoms with Gasteiger partial charge in [-0.05, 0) is 39.2 Å². The van der Waals surface area contributed by atoms with Crippen molar-refractivity contribution in [3.8, 4) is 0 Å². The van der Waals surface area contributed by atoms with Gasteiger partial charge in [0.15, 0.2) is 0 Å². The highest BCUT2D eigenvalue weighted by Gasteiger charge is 2.36. The first-order chi connectivity index (χ1) is 8.74. The van der Waals surface area contributed by atoms with Crippen molar-refractivity contribution >= 4 is 5.91 Å². The number of carbonyl (C=O) groups excluding carboxylic acids is 1. The van der Waals surface area contributed by atoms with Crippen LogP contribution in [0, 0.1) is 0 Å². The zero-order valence-corrected chi connectivity index (χ0v) is 11.5. The van der Waals surface area contributed by atoms with Gasteiger partial charge in [-0.15, -0.1) is 0 Å². The zero-order valence-electron chi connectivity index (χ0n) is 11.5. The van der Waals surface area contributed by atoms with Crippen molar-refractivity contribution in [2.75, 3.05) is 13.1 Å². The highest BCUT2D eigenvalue weighted by molar-refractivity contribution is 5.82. The number of amides is 1. The van der Waals surface area contributed by atoms with Crippen molar-refractivity contribution in [1.82, 2.24) is 10.2 Å². The molecule has 1 amide bonds. The minimum atomic E-state index is -0.00407. The predicted molar refractivity (Wildman–Crippen MR) is 73.3 cm³/mol. The third kappa shape index (κ3) is 3.04. The maximum Gasteiger partial charge on any atom is 0.237 e. The molecule has 4 nitrogen and oxygen atoms in total. The van der Waals surface area contributed by atoms with Gasteiger partial charge in [-0.2, -0.15) is 0 Å². The van der Waals surface area contributed by atoms with E-state index in [1.54, 1.807) is 0 Å². The smallest absolute Gasteiger partial charge is 0.237 e. The fourth-order valence-corrected chi connectivity index (χ4v) is 3.55. The van der Waals surface area contributed by atoms with Crippen LogP contribution < -0.4 is 11.1 Å². The Kier molecular flexibility index (Phi) is 5.01. The average Bonchev–Trinajstić information content (AvgIpc) is 2.51. The standard InChI is InChI=1S/C14H27N3O/c1-11-8-10-16-14(18)13(7-9-15)17(11)12-5-3-2-4-6-12/h11-13H,2-10,15H2,1H3,(H,16,18). The highest BCUT2D eigenvalue weighted by Crippen LogP contribution is 2.28. The van der Waals surface area contributed by atoms with Gasteiger partial charge < -0.3 is 11.1 Å². The average molecular weight is 253 g/mol. The molecule has 1 aliphatic heterocycles. The molecule has 3 N–H and O–H groups in total. The lowest BCUT2D eigenvalue weighted by Crippen LogP contribution is -2.53. The molecule has 1 heterocycles. The van der Waals surface area contributed by atoms with E-state index in [2.05, 4.69) is 17.1 Å². The van der Waals surface area contributed by atoms with E-state index in [4.69, 9.17) is 5.73 Å². The van der Waals surface area contributed by atoms with Crippen molar-refractivity contribution in [2.24, 2.45) is 5.73 Å². The molecule has 2 rings (SSSR count). The monoisotopic (exact) mass is 253 g/mol. The molecule has 1 saturated heterocycles. The van der Waals surface area contributed by atoms with Gasteiger partial charge in [0.05, 0.1) is 6.04 Å². The van der Waals surface area contributed by atoms with E-state index in [1.165, 1.54) is 32.1 Å². The van der Waals surface area contributed by atoms with Crippen LogP contribution in [-0.2, 0) is 4.79 Å². The molecule has 0 spiro atoms. The van der Waals surface area contributed by atoms with Crippen molar-refractivity contribution in [3.05, 3.63) is 0 Å². The Balaban J connectivity index is 2.14. The van der Waals surface area contributed by atoms with E-state index < -0.39 is 0 Å². The van der Waals surface area contributed by atoms with Crippen LogP contribution in [0.4, 0.5) is 0 Å². The Labute approximate surface area is 110 Å². The summed E-state index contributed by atoms with van der Waals surface area (Å²) in [5.41, 5.74) is 5.70. The number of rotatable bonds is 3. The SMILES string of the molecule is CC1CCNC(=O)C(CCN)N1C1CCCCC1. The molecule has 0 aromatic rings. The summed E-state index contributed by atoms with van der Waals surface area (Å²) < 4.78 is 0. The summed E-state index contributed by atoms with van der Waals surface area (Å²) in [4.78, 5) is 14.7. The summed E-state index contributed by atoms with van der Waals surface area (Å²) in [5, 5.41) is 3.04. The van der Waals surface area contributed by atoms with Gasteiger partial charge >= 0.3 is 0 Å². The molecule has 0 aromatic carbocycles. The van der Waals surface area contributed by atoms with Crippen LogP contribution in [0.15, 0.2) is 0 Å². The summed E-state index contributed by atoms with van der Waals surface area (Å²) in [6.07, 6.45) is 8.32. The zero-order chi connectivity index (χ0) is 13.0. The first-order valence-electron chi connectivity index (χ1n) is 7.49. The number of nitrogens with one attached hydrogen (secondary N) is 1. The van der Waals surface area contributed by atoms with E-state index in [1.807, 2.05) is 0 Å². The summed E-state index contributed by atoms with van der Waals surface area (Å²) in [7, 11) is 0. The Morgan fingerprint density at radius 2 is 2.00 bits per heavy atom. The maximum atomic E-state index is 12.2. The topological polar surface area (TPSA) is 58.4 Å².